The van der Waals surface area contributed by atoms with E-state index in [-0.39, 0.29) is 32.0 Å². The molecule has 0 saturated heterocycles. The molecule has 84 heavy (non-hydrogen) atoms. The van der Waals surface area contributed by atoms with E-state index in [2.05, 4.69) is 111 Å². The Kier molecular flexibility index (Phi) is 62.1. The Morgan fingerprint density at radius 3 is 1.01 bits per heavy atom. The summed E-state index contributed by atoms with van der Waals surface area (Å²) < 4.78 is 34.2. The van der Waals surface area contributed by atoms with Crippen LogP contribution in [-0.4, -0.2) is 70.0 Å². The maximum Gasteiger partial charge on any atom is 0.306 e. The predicted molar refractivity (Wildman–Crippen MR) is 360 cm³/mol. The van der Waals surface area contributed by atoms with Gasteiger partial charge in [-0.15, -0.1) is 0 Å². The second-order valence-corrected chi connectivity index (χ2v) is 25.9. The lowest BCUT2D eigenvalue weighted by atomic mass is 10.0. The molecular formula is C74H132NO8P. The Morgan fingerprint density at radius 2 is 0.679 bits per heavy atom. The van der Waals surface area contributed by atoms with Crippen molar-refractivity contribution in [1.82, 2.24) is 0 Å². The Labute approximate surface area is 519 Å². The molecule has 486 valence electrons. The number of hydrogen-bond donors (Lipinski definition) is 0. The highest BCUT2D eigenvalue weighted by Gasteiger charge is 2.22. The van der Waals surface area contributed by atoms with Gasteiger partial charge in [0, 0.05) is 12.8 Å². The van der Waals surface area contributed by atoms with Gasteiger partial charge in [0.15, 0.2) is 6.10 Å². The fraction of sp³-hybridized carbons (Fsp3) is 0.757. The van der Waals surface area contributed by atoms with Crippen molar-refractivity contribution in [3.05, 3.63) is 97.2 Å². The van der Waals surface area contributed by atoms with Crippen LogP contribution in [0.1, 0.15) is 309 Å². The molecule has 2 unspecified atom stereocenters. The molecule has 0 aromatic carbocycles. The Morgan fingerprint density at radius 1 is 0.381 bits per heavy atom. The first-order chi connectivity index (χ1) is 41.0. The molecule has 0 rings (SSSR count). The Bertz CT molecular complexity index is 1740. The van der Waals surface area contributed by atoms with Crippen LogP contribution < -0.4 is 4.89 Å². The number of carbonyl (C=O) groups is 2. The maximum absolute atomic E-state index is 12.8. The summed E-state index contributed by atoms with van der Waals surface area (Å²) in [7, 11) is 1.15. The normalized spacial score (nSPS) is 13.7. The SMILES string of the molecule is CC/C=C\C/C=C\C/C=C\C/C=C\C/C=C\C/C=C\CCCCCCC(=O)OC(COC(=O)CCCCCCCCCCCCCCCCCCCCCCCCCCC/C=C\C/C=C\CCCCCCC)COP(=O)([O-])OCC[N+](C)(C)C. The first kappa shape index (κ1) is 80.9. The van der Waals surface area contributed by atoms with Gasteiger partial charge in [-0.25, -0.2) is 0 Å². The van der Waals surface area contributed by atoms with E-state index in [1.165, 1.54) is 186 Å². The molecule has 0 aromatic heterocycles. The fourth-order valence-electron chi connectivity index (χ4n) is 9.75. The number of quaternary nitrogens is 1. The smallest absolute Gasteiger partial charge is 0.306 e. The quantitative estimate of drug-likeness (QED) is 0.0195. The molecule has 2 atom stereocenters. The van der Waals surface area contributed by atoms with Crippen LogP contribution in [-0.2, 0) is 32.7 Å². The van der Waals surface area contributed by atoms with Gasteiger partial charge in [-0.2, -0.15) is 0 Å². The van der Waals surface area contributed by atoms with E-state index in [0.29, 0.717) is 17.4 Å². The van der Waals surface area contributed by atoms with Gasteiger partial charge >= 0.3 is 11.9 Å². The molecule has 0 N–H and O–H groups in total. The van der Waals surface area contributed by atoms with Gasteiger partial charge in [-0.05, 0) is 96.3 Å². The molecule has 0 aliphatic carbocycles. The topological polar surface area (TPSA) is 111 Å². The van der Waals surface area contributed by atoms with Crippen molar-refractivity contribution in [2.45, 2.75) is 315 Å². The number of rotatable bonds is 64. The van der Waals surface area contributed by atoms with Crippen molar-refractivity contribution in [2.24, 2.45) is 0 Å². The minimum atomic E-state index is -4.65. The van der Waals surface area contributed by atoms with Crippen LogP contribution >= 0.6 is 7.82 Å². The fourth-order valence-corrected chi connectivity index (χ4v) is 10.5. The number of unbranched alkanes of at least 4 members (excludes halogenated alkanes) is 34. The second kappa shape index (κ2) is 64.4. The highest BCUT2D eigenvalue weighted by atomic mass is 31.2. The van der Waals surface area contributed by atoms with Crippen molar-refractivity contribution in [1.29, 1.82) is 0 Å². The third-order valence-electron chi connectivity index (χ3n) is 15.1. The van der Waals surface area contributed by atoms with Crippen molar-refractivity contribution < 1.29 is 42.1 Å². The average molecular weight is 1190 g/mol. The van der Waals surface area contributed by atoms with Gasteiger partial charge in [0.1, 0.15) is 19.8 Å². The van der Waals surface area contributed by atoms with E-state index in [0.717, 1.165) is 89.9 Å². The summed E-state index contributed by atoms with van der Waals surface area (Å²) in [5.74, 6) is -0.857. The van der Waals surface area contributed by atoms with Crippen LogP contribution in [0.15, 0.2) is 97.2 Å². The lowest BCUT2D eigenvalue weighted by Crippen LogP contribution is -2.37. The first-order valence-corrected chi connectivity index (χ1v) is 36.4. The zero-order valence-electron chi connectivity index (χ0n) is 55.3. The largest absolute Gasteiger partial charge is 0.756 e. The zero-order valence-corrected chi connectivity index (χ0v) is 56.2. The number of phosphoric acid groups is 1. The lowest BCUT2D eigenvalue weighted by molar-refractivity contribution is -0.870. The van der Waals surface area contributed by atoms with Crippen LogP contribution in [0.25, 0.3) is 0 Å². The van der Waals surface area contributed by atoms with Gasteiger partial charge in [0.2, 0.25) is 0 Å². The average Bonchev–Trinajstić information content (AvgIpc) is 3.61. The Balaban J connectivity index is 4.01. The van der Waals surface area contributed by atoms with Crippen molar-refractivity contribution in [3.8, 4) is 0 Å². The highest BCUT2D eigenvalue weighted by Crippen LogP contribution is 2.38. The molecule has 0 aliphatic rings. The molecule has 0 saturated carbocycles. The number of likely N-dealkylation sites (N-methyl/N-ethyl adjacent to an activating group) is 1. The van der Waals surface area contributed by atoms with Crippen LogP contribution in [0, 0.1) is 0 Å². The molecular weight excluding hydrogens is 1060 g/mol. The summed E-state index contributed by atoms with van der Waals surface area (Å²) in [6, 6.07) is 0. The van der Waals surface area contributed by atoms with Gasteiger partial charge in [0.25, 0.3) is 7.82 Å². The maximum atomic E-state index is 12.8. The summed E-state index contributed by atoms with van der Waals surface area (Å²) in [6.45, 7) is 4.11. The number of carbonyl (C=O) groups excluding carboxylic acids is 2. The summed E-state index contributed by atoms with van der Waals surface area (Å²) in [6.07, 6.45) is 89.3. The van der Waals surface area contributed by atoms with Crippen molar-refractivity contribution in [3.63, 3.8) is 0 Å². The monoisotopic (exact) mass is 1190 g/mol. The van der Waals surface area contributed by atoms with Crippen LogP contribution in [0.5, 0.6) is 0 Å². The molecule has 0 aliphatic heterocycles. The molecule has 0 heterocycles. The molecule has 0 amide bonds. The number of nitrogens with zero attached hydrogens (tertiary/aromatic N) is 1. The highest BCUT2D eigenvalue weighted by molar-refractivity contribution is 7.45. The lowest BCUT2D eigenvalue weighted by Gasteiger charge is -2.28. The third kappa shape index (κ3) is 68.0. The summed E-state index contributed by atoms with van der Waals surface area (Å²) in [5.41, 5.74) is 0. The number of ether oxygens (including phenoxy) is 2. The molecule has 0 aromatic rings. The van der Waals surface area contributed by atoms with Gasteiger partial charge in [0.05, 0.1) is 27.7 Å². The minimum Gasteiger partial charge on any atom is -0.756 e. The number of esters is 2. The van der Waals surface area contributed by atoms with Crippen LogP contribution in [0.2, 0.25) is 0 Å². The molecule has 0 radical (unpaired) electrons. The third-order valence-corrected chi connectivity index (χ3v) is 16.1. The molecule has 0 bridgehead atoms. The van der Waals surface area contributed by atoms with E-state index in [1.54, 1.807) is 0 Å². The van der Waals surface area contributed by atoms with Gasteiger partial charge < -0.3 is 27.9 Å². The van der Waals surface area contributed by atoms with Crippen LogP contribution in [0.3, 0.4) is 0 Å². The molecule has 0 spiro atoms. The van der Waals surface area contributed by atoms with E-state index in [9.17, 15) is 19.0 Å². The molecule has 10 heteroatoms. The van der Waals surface area contributed by atoms with E-state index in [1.807, 2.05) is 21.1 Å². The van der Waals surface area contributed by atoms with E-state index < -0.39 is 26.5 Å². The van der Waals surface area contributed by atoms with E-state index in [4.69, 9.17) is 18.5 Å². The zero-order chi connectivity index (χ0) is 61.2. The Hall–Kier alpha value is -3.07. The van der Waals surface area contributed by atoms with Crippen LogP contribution in [0.4, 0.5) is 0 Å². The number of allylic oxidation sites excluding steroid dienone is 16. The first-order valence-electron chi connectivity index (χ1n) is 34.9. The predicted octanol–water partition coefficient (Wildman–Crippen LogP) is 22.1. The second-order valence-electron chi connectivity index (χ2n) is 24.5. The molecule has 0 fully saturated rings. The van der Waals surface area contributed by atoms with Crippen molar-refractivity contribution in [2.75, 3.05) is 47.5 Å². The van der Waals surface area contributed by atoms with E-state index >= 15 is 0 Å². The summed E-state index contributed by atoms with van der Waals surface area (Å²) in [4.78, 5) is 38.0. The molecule has 9 nitrogen and oxygen atoms in total. The summed E-state index contributed by atoms with van der Waals surface area (Å²) in [5, 5.41) is 0. The van der Waals surface area contributed by atoms with Crippen molar-refractivity contribution >= 4 is 19.8 Å². The summed E-state index contributed by atoms with van der Waals surface area (Å²) >= 11 is 0. The van der Waals surface area contributed by atoms with Gasteiger partial charge in [-0.1, -0.05) is 297 Å². The standard InChI is InChI=1S/C74H132NO8P/c1-6-8-10-12-14-16-18-20-22-24-26-28-30-31-32-33-34-35-36-37-38-39-40-41-42-43-45-46-48-50-52-54-56-58-60-62-64-66-73(76)80-70-72(71-82-84(78,79)81-69-68-75(3,4)5)83-74(77)67-65-63-61-59-57-55-53-51-49-47-44-29-27-25-23-21-19-17-15-13-11-9-7-2/h9,11,15,17-18,20-21,23-24,26-27,29,47,49,53,55,72H,6-8,10,12-14,16,19,22,25,28,30-46,48,50-52,54,56-71H2,1-5H3/b11-9-,17-15-,20-18-,23-21-,26-24-,29-27-,49-47-,55-53-. The minimum absolute atomic E-state index is 0.0394. The number of phosphoric ester groups is 1. The number of hydrogen-bond acceptors (Lipinski definition) is 8. The van der Waals surface area contributed by atoms with Gasteiger partial charge in [-0.3, -0.25) is 14.2 Å².